The summed E-state index contributed by atoms with van der Waals surface area (Å²) in [5.74, 6) is -1.79. The van der Waals surface area contributed by atoms with Crippen LogP contribution in [-0.4, -0.2) is 41.9 Å². The van der Waals surface area contributed by atoms with Crippen molar-refractivity contribution in [2.24, 2.45) is 17.1 Å². The first-order valence-corrected chi connectivity index (χ1v) is 11.1. The van der Waals surface area contributed by atoms with Gasteiger partial charge in [0.25, 0.3) is 0 Å². The van der Waals surface area contributed by atoms with Crippen LogP contribution >= 0.6 is 0 Å². The van der Waals surface area contributed by atoms with E-state index in [1.54, 1.807) is 31.2 Å². The maximum atomic E-state index is 13.3. The molecule has 0 aromatic heterocycles. The second-order valence-corrected chi connectivity index (χ2v) is 8.11. The Morgan fingerprint density at radius 2 is 1.81 bits per heavy atom. The number of hydrogen-bond donors (Lipinski definition) is 4. The molecule has 0 bridgehead atoms. The van der Waals surface area contributed by atoms with Gasteiger partial charge in [-0.3, -0.25) is 14.4 Å². The molecule has 2 rings (SSSR count). The van der Waals surface area contributed by atoms with E-state index in [-0.39, 0.29) is 37.9 Å². The topological polar surface area (TPSA) is 148 Å². The van der Waals surface area contributed by atoms with Gasteiger partial charge in [0.15, 0.2) is 5.78 Å². The van der Waals surface area contributed by atoms with E-state index < -0.39 is 23.3 Å². The molecule has 0 saturated heterocycles. The Morgan fingerprint density at radius 1 is 1.16 bits per heavy atom. The van der Waals surface area contributed by atoms with Gasteiger partial charge in [0.05, 0.1) is 13.2 Å². The third-order valence-corrected chi connectivity index (χ3v) is 5.89. The van der Waals surface area contributed by atoms with Crippen molar-refractivity contribution in [2.75, 3.05) is 18.5 Å². The molecule has 0 unspecified atom stereocenters. The molecule has 176 valence electrons. The lowest BCUT2D eigenvalue weighted by molar-refractivity contribution is -0.160. The van der Waals surface area contributed by atoms with E-state index in [0.29, 0.717) is 36.9 Å². The number of benzene rings is 1. The lowest BCUT2D eigenvalue weighted by Gasteiger charge is -2.27. The molecule has 0 heterocycles. The van der Waals surface area contributed by atoms with E-state index >= 15 is 0 Å². The summed E-state index contributed by atoms with van der Waals surface area (Å²) in [5.41, 5.74) is 5.16. The molecule has 0 aliphatic heterocycles. The normalized spacial score (nSPS) is 15.6. The predicted molar refractivity (Wildman–Crippen MR) is 118 cm³/mol. The Balaban J connectivity index is 2.13. The summed E-state index contributed by atoms with van der Waals surface area (Å²) in [6.45, 7) is 2.07. The van der Waals surface area contributed by atoms with Crippen LogP contribution in [-0.2, 0) is 25.7 Å². The minimum absolute atomic E-state index is 0.0874. The van der Waals surface area contributed by atoms with Crippen LogP contribution in [0.25, 0.3) is 0 Å². The SMILES string of the molecule is CCOC(=O)C1(C(=O)C[C@@H](CCCNC(N)=O)C(=O)Nc2ccc(CO)cc2)CCCC1. The molecule has 0 radical (unpaired) electrons. The Morgan fingerprint density at radius 3 is 2.38 bits per heavy atom. The molecule has 9 nitrogen and oxygen atoms in total. The molecular formula is C23H33N3O6. The van der Waals surface area contributed by atoms with Crippen molar-refractivity contribution in [3.63, 3.8) is 0 Å². The summed E-state index contributed by atoms with van der Waals surface area (Å²) in [6, 6.07) is 6.09. The number of urea groups is 1. The minimum Gasteiger partial charge on any atom is -0.465 e. The molecule has 5 N–H and O–H groups in total. The van der Waals surface area contributed by atoms with E-state index in [1.165, 1.54) is 0 Å². The largest absolute Gasteiger partial charge is 0.465 e. The number of nitrogens with one attached hydrogen (secondary N) is 2. The van der Waals surface area contributed by atoms with Crippen molar-refractivity contribution in [3.8, 4) is 0 Å². The first kappa shape index (κ1) is 25.3. The van der Waals surface area contributed by atoms with Crippen molar-refractivity contribution < 1.29 is 29.0 Å². The maximum absolute atomic E-state index is 13.3. The van der Waals surface area contributed by atoms with Gasteiger partial charge in [-0.1, -0.05) is 25.0 Å². The molecule has 9 heteroatoms. The molecule has 1 atom stereocenters. The van der Waals surface area contributed by atoms with Crippen LogP contribution in [0, 0.1) is 11.3 Å². The van der Waals surface area contributed by atoms with Crippen LogP contribution in [0.1, 0.15) is 57.4 Å². The van der Waals surface area contributed by atoms with Crippen LogP contribution in [0.15, 0.2) is 24.3 Å². The van der Waals surface area contributed by atoms with Gasteiger partial charge in [0.1, 0.15) is 5.41 Å². The van der Waals surface area contributed by atoms with Gasteiger partial charge in [-0.25, -0.2) is 4.79 Å². The van der Waals surface area contributed by atoms with Crippen molar-refractivity contribution in [2.45, 2.75) is 58.5 Å². The van der Waals surface area contributed by atoms with Crippen LogP contribution in [0.3, 0.4) is 0 Å². The van der Waals surface area contributed by atoms with Crippen LogP contribution in [0.2, 0.25) is 0 Å². The van der Waals surface area contributed by atoms with E-state index in [4.69, 9.17) is 15.6 Å². The number of rotatable bonds is 12. The monoisotopic (exact) mass is 447 g/mol. The van der Waals surface area contributed by atoms with E-state index in [2.05, 4.69) is 10.6 Å². The van der Waals surface area contributed by atoms with Crippen molar-refractivity contribution in [1.29, 1.82) is 0 Å². The number of amides is 3. The summed E-state index contributed by atoms with van der Waals surface area (Å²) in [5, 5.41) is 14.4. The summed E-state index contributed by atoms with van der Waals surface area (Å²) in [4.78, 5) is 49.8. The zero-order chi connectivity index (χ0) is 23.6. The van der Waals surface area contributed by atoms with Gasteiger partial charge < -0.3 is 26.2 Å². The molecule has 1 aliphatic carbocycles. The smallest absolute Gasteiger partial charge is 0.319 e. The van der Waals surface area contributed by atoms with Gasteiger partial charge in [0, 0.05) is 24.6 Å². The zero-order valence-corrected chi connectivity index (χ0v) is 18.5. The van der Waals surface area contributed by atoms with Gasteiger partial charge in [0.2, 0.25) is 5.91 Å². The number of aliphatic hydroxyl groups excluding tert-OH is 1. The molecule has 1 aromatic rings. The number of carbonyl (C=O) groups is 4. The van der Waals surface area contributed by atoms with E-state index in [0.717, 1.165) is 12.8 Å². The van der Waals surface area contributed by atoms with Crippen molar-refractivity contribution in [1.82, 2.24) is 5.32 Å². The third kappa shape index (κ3) is 6.78. The average molecular weight is 448 g/mol. The van der Waals surface area contributed by atoms with Gasteiger partial charge in [-0.05, 0) is 50.3 Å². The number of nitrogens with two attached hydrogens (primary N) is 1. The average Bonchev–Trinajstić information content (AvgIpc) is 3.27. The Labute approximate surface area is 188 Å². The Hall–Kier alpha value is -2.94. The first-order chi connectivity index (χ1) is 15.3. The highest BCUT2D eigenvalue weighted by Gasteiger charge is 2.49. The standard InChI is InChI=1S/C23H33N3O6/c1-2-32-21(30)23(11-3-4-12-23)19(28)14-17(6-5-13-25-22(24)31)20(29)26-18-9-7-16(15-27)8-10-18/h7-10,17,27H,2-6,11-15H2,1H3,(H,26,29)(H3,24,25,31)/t17-/m1/s1. The third-order valence-electron chi connectivity index (χ3n) is 5.89. The molecule has 1 fully saturated rings. The minimum atomic E-state index is -1.18. The van der Waals surface area contributed by atoms with Crippen molar-refractivity contribution >= 4 is 29.4 Å². The fourth-order valence-corrected chi connectivity index (χ4v) is 4.09. The number of hydrogen-bond acceptors (Lipinski definition) is 6. The number of anilines is 1. The number of aliphatic hydroxyl groups is 1. The van der Waals surface area contributed by atoms with Gasteiger partial charge in [-0.15, -0.1) is 0 Å². The summed E-state index contributed by atoms with van der Waals surface area (Å²) >= 11 is 0. The van der Waals surface area contributed by atoms with E-state index in [1.807, 2.05) is 0 Å². The molecule has 32 heavy (non-hydrogen) atoms. The molecule has 3 amide bonds. The fourth-order valence-electron chi connectivity index (χ4n) is 4.09. The zero-order valence-electron chi connectivity index (χ0n) is 18.5. The molecule has 1 saturated carbocycles. The number of esters is 1. The molecule has 1 aliphatic rings. The van der Waals surface area contributed by atoms with Crippen LogP contribution < -0.4 is 16.4 Å². The quantitative estimate of drug-likeness (QED) is 0.219. The molecule has 1 aromatic carbocycles. The summed E-state index contributed by atoms with van der Waals surface area (Å²) in [7, 11) is 0. The fraction of sp³-hybridized carbons (Fsp3) is 0.565. The molecular weight excluding hydrogens is 414 g/mol. The van der Waals surface area contributed by atoms with Gasteiger partial charge in [-0.2, -0.15) is 0 Å². The maximum Gasteiger partial charge on any atom is 0.319 e. The number of Topliss-reactive ketones (excluding diaryl/α,β-unsaturated/α-hetero) is 1. The number of ether oxygens (including phenoxy) is 1. The summed E-state index contributed by atoms with van der Waals surface area (Å²) < 4.78 is 5.19. The highest BCUT2D eigenvalue weighted by atomic mass is 16.5. The number of carbonyl (C=O) groups excluding carboxylic acids is 4. The summed E-state index contributed by atoms with van der Waals surface area (Å²) in [6.07, 6.45) is 3.10. The Kier molecular flexibility index (Phi) is 9.64. The lowest BCUT2D eigenvalue weighted by atomic mass is 9.77. The van der Waals surface area contributed by atoms with Gasteiger partial charge >= 0.3 is 12.0 Å². The van der Waals surface area contributed by atoms with E-state index in [9.17, 15) is 19.2 Å². The Bertz CT molecular complexity index is 802. The van der Waals surface area contributed by atoms with Crippen molar-refractivity contribution in [3.05, 3.63) is 29.8 Å². The number of primary amides is 1. The number of ketones is 1. The predicted octanol–water partition coefficient (Wildman–Crippen LogP) is 2.26. The first-order valence-electron chi connectivity index (χ1n) is 11.1. The highest BCUT2D eigenvalue weighted by Crippen LogP contribution is 2.42. The second kappa shape index (κ2) is 12.2. The highest BCUT2D eigenvalue weighted by molar-refractivity contribution is 6.06. The lowest BCUT2D eigenvalue weighted by Crippen LogP contribution is -2.40. The second-order valence-electron chi connectivity index (χ2n) is 8.11. The molecule has 0 spiro atoms. The van der Waals surface area contributed by atoms with Crippen LogP contribution in [0.4, 0.5) is 10.5 Å². The van der Waals surface area contributed by atoms with Crippen LogP contribution in [0.5, 0.6) is 0 Å².